The van der Waals surface area contributed by atoms with Gasteiger partial charge in [-0.1, -0.05) is 6.07 Å². The van der Waals surface area contributed by atoms with Crippen LogP contribution in [0, 0.1) is 6.92 Å². The third-order valence-electron chi connectivity index (χ3n) is 2.67. The van der Waals surface area contributed by atoms with Crippen molar-refractivity contribution in [2.45, 2.75) is 26.2 Å². The van der Waals surface area contributed by atoms with E-state index >= 15 is 0 Å². The Balaban J connectivity index is 1.96. The minimum absolute atomic E-state index is 0.280. The van der Waals surface area contributed by atoms with E-state index in [2.05, 4.69) is 4.98 Å². The van der Waals surface area contributed by atoms with Gasteiger partial charge < -0.3 is 9.64 Å². The largest absolute Gasteiger partial charge is 0.416 e. The van der Waals surface area contributed by atoms with E-state index in [-0.39, 0.29) is 6.09 Å². The lowest BCUT2D eigenvalue weighted by molar-refractivity contribution is 0.141. The van der Waals surface area contributed by atoms with Gasteiger partial charge in [-0.2, -0.15) is 0 Å². The molecule has 86 valence electrons. The summed E-state index contributed by atoms with van der Waals surface area (Å²) in [5.41, 5.74) is 0.851. The van der Waals surface area contributed by atoms with Crippen LogP contribution in [0.2, 0.25) is 0 Å². The molecule has 16 heavy (non-hydrogen) atoms. The van der Waals surface area contributed by atoms with E-state index in [1.807, 2.05) is 19.1 Å². The number of carbonyl (C=O) groups excluding carboxylic acids is 1. The van der Waals surface area contributed by atoms with Crippen molar-refractivity contribution >= 4 is 6.09 Å². The van der Waals surface area contributed by atoms with E-state index in [0.29, 0.717) is 5.88 Å². The van der Waals surface area contributed by atoms with Gasteiger partial charge in [-0.3, -0.25) is 0 Å². The lowest BCUT2D eigenvalue weighted by atomic mass is 10.1. The number of hydrogen-bond donors (Lipinski definition) is 0. The van der Waals surface area contributed by atoms with Crippen LogP contribution in [0.1, 0.15) is 25.0 Å². The van der Waals surface area contributed by atoms with Crippen LogP contribution in [-0.2, 0) is 0 Å². The minimum Gasteiger partial charge on any atom is -0.391 e. The Morgan fingerprint density at radius 3 is 2.75 bits per heavy atom. The Morgan fingerprint density at radius 2 is 2.06 bits per heavy atom. The van der Waals surface area contributed by atoms with Gasteiger partial charge in [0.25, 0.3) is 0 Å². The average molecular weight is 220 g/mol. The first-order valence-electron chi connectivity index (χ1n) is 5.66. The van der Waals surface area contributed by atoms with Gasteiger partial charge >= 0.3 is 6.09 Å². The van der Waals surface area contributed by atoms with Crippen LogP contribution >= 0.6 is 0 Å². The van der Waals surface area contributed by atoms with Crippen molar-refractivity contribution in [3.05, 3.63) is 23.9 Å². The third-order valence-corrected chi connectivity index (χ3v) is 2.67. The third kappa shape index (κ3) is 2.72. The molecule has 0 N–H and O–H groups in total. The van der Waals surface area contributed by atoms with E-state index < -0.39 is 0 Å². The van der Waals surface area contributed by atoms with Crippen LogP contribution < -0.4 is 4.74 Å². The maximum atomic E-state index is 11.7. The Kier molecular flexibility index (Phi) is 3.39. The quantitative estimate of drug-likeness (QED) is 0.729. The number of ether oxygens (including phenoxy) is 1. The van der Waals surface area contributed by atoms with E-state index in [4.69, 9.17) is 4.74 Å². The maximum absolute atomic E-state index is 11.7. The van der Waals surface area contributed by atoms with Crippen molar-refractivity contribution in [3.8, 4) is 5.88 Å². The first-order valence-corrected chi connectivity index (χ1v) is 5.66. The molecule has 1 aliphatic heterocycles. The summed E-state index contributed by atoms with van der Waals surface area (Å²) < 4.78 is 5.21. The van der Waals surface area contributed by atoms with Crippen LogP contribution in [0.3, 0.4) is 0 Å². The SMILES string of the molecule is Cc1cccc(OC(=O)N2CCCCC2)n1. The number of nitrogens with zero attached hydrogens (tertiary/aromatic N) is 2. The number of carbonyl (C=O) groups is 1. The van der Waals surface area contributed by atoms with Crippen molar-refractivity contribution in [2.24, 2.45) is 0 Å². The van der Waals surface area contributed by atoms with Crippen LogP contribution in [0.15, 0.2) is 18.2 Å². The Labute approximate surface area is 95.2 Å². The van der Waals surface area contributed by atoms with Crippen molar-refractivity contribution in [1.29, 1.82) is 0 Å². The van der Waals surface area contributed by atoms with Crippen LogP contribution in [0.5, 0.6) is 5.88 Å². The summed E-state index contributed by atoms with van der Waals surface area (Å²) >= 11 is 0. The van der Waals surface area contributed by atoms with Gasteiger partial charge in [0.1, 0.15) is 0 Å². The number of piperidine rings is 1. The molecule has 2 heterocycles. The highest BCUT2D eigenvalue weighted by Crippen LogP contribution is 2.12. The molecular weight excluding hydrogens is 204 g/mol. The molecule has 1 amide bonds. The highest BCUT2D eigenvalue weighted by molar-refractivity contribution is 5.70. The summed E-state index contributed by atoms with van der Waals surface area (Å²) in [7, 11) is 0. The van der Waals surface area contributed by atoms with Crippen molar-refractivity contribution in [1.82, 2.24) is 9.88 Å². The second-order valence-electron chi connectivity index (χ2n) is 4.03. The molecule has 0 radical (unpaired) electrons. The van der Waals surface area contributed by atoms with Crippen LogP contribution in [-0.4, -0.2) is 29.1 Å². The van der Waals surface area contributed by atoms with E-state index in [0.717, 1.165) is 31.6 Å². The fourth-order valence-corrected chi connectivity index (χ4v) is 1.81. The molecule has 1 aromatic rings. The molecule has 0 saturated carbocycles. The van der Waals surface area contributed by atoms with Crippen molar-refractivity contribution in [2.75, 3.05) is 13.1 Å². The predicted molar refractivity (Wildman–Crippen MR) is 60.4 cm³/mol. The molecule has 0 unspecified atom stereocenters. The van der Waals surface area contributed by atoms with Gasteiger partial charge in [-0.05, 0) is 32.3 Å². The molecule has 4 heteroatoms. The van der Waals surface area contributed by atoms with Crippen molar-refractivity contribution in [3.63, 3.8) is 0 Å². The second-order valence-corrected chi connectivity index (χ2v) is 4.03. The zero-order valence-corrected chi connectivity index (χ0v) is 9.48. The summed E-state index contributed by atoms with van der Waals surface area (Å²) in [6.07, 6.45) is 3.05. The number of pyridine rings is 1. The topological polar surface area (TPSA) is 42.4 Å². The molecule has 0 bridgehead atoms. The monoisotopic (exact) mass is 220 g/mol. The van der Waals surface area contributed by atoms with E-state index in [1.165, 1.54) is 6.42 Å². The molecule has 1 saturated heterocycles. The molecule has 0 aliphatic carbocycles. The Bertz CT molecular complexity index is 373. The lowest BCUT2D eigenvalue weighted by Gasteiger charge is -2.25. The second kappa shape index (κ2) is 4.96. The van der Waals surface area contributed by atoms with E-state index in [1.54, 1.807) is 11.0 Å². The van der Waals surface area contributed by atoms with E-state index in [9.17, 15) is 4.79 Å². The minimum atomic E-state index is -0.280. The van der Waals surface area contributed by atoms with Gasteiger partial charge in [0.05, 0.1) is 0 Å². The first kappa shape index (κ1) is 10.9. The molecule has 2 rings (SSSR count). The number of rotatable bonds is 1. The predicted octanol–water partition coefficient (Wildman–Crippen LogP) is 2.37. The fourth-order valence-electron chi connectivity index (χ4n) is 1.81. The molecule has 1 aromatic heterocycles. The highest BCUT2D eigenvalue weighted by Gasteiger charge is 2.18. The zero-order chi connectivity index (χ0) is 11.4. The lowest BCUT2D eigenvalue weighted by Crippen LogP contribution is -2.37. The molecular formula is C12H16N2O2. The average Bonchev–Trinajstić information content (AvgIpc) is 2.30. The molecule has 4 nitrogen and oxygen atoms in total. The number of aryl methyl sites for hydroxylation is 1. The standard InChI is InChI=1S/C12H16N2O2/c1-10-6-5-7-11(13-10)16-12(15)14-8-3-2-4-9-14/h5-7H,2-4,8-9H2,1H3. The summed E-state index contributed by atoms with van der Waals surface area (Å²) in [5, 5.41) is 0. The smallest absolute Gasteiger partial charge is 0.391 e. The Hall–Kier alpha value is -1.58. The normalized spacial score (nSPS) is 15.9. The molecule has 0 spiro atoms. The van der Waals surface area contributed by atoms with Gasteiger partial charge in [-0.25, -0.2) is 9.78 Å². The molecule has 1 fully saturated rings. The number of amides is 1. The molecule has 1 aliphatic rings. The van der Waals surface area contributed by atoms with Crippen LogP contribution in [0.25, 0.3) is 0 Å². The highest BCUT2D eigenvalue weighted by atomic mass is 16.6. The van der Waals surface area contributed by atoms with Gasteiger partial charge in [-0.15, -0.1) is 0 Å². The maximum Gasteiger partial charge on any atom is 0.416 e. The van der Waals surface area contributed by atoms with Gasteiger partial charge in [0, 0.05) is 24.8 Å². The molecule has 0 aromatic carbocycles. The number of hydrogen-bond acceptors (Lipinski definition) is 3. The number of likely N-dealkylation sites (tertiary alicyclic amines) is 1. The Morgan fingerprint density at radius 1 is 1.31 bits per heavy atom. The summed E-state index contributed by atoms with van der Waals surface area (Å²) in [4.78, 5) is 17.6. The van der Waals surface area contributed by atoms with Crippen LogP contribution in [0.4, 0.5) is 4.79 Å². The number of aromatic nitrogens is 1. The zero-order valence-electron chi connectivity index (χ0n) is 9.48. The van der Waals surface area contributed by atoms with Gasteiger partial charge in [0.15, 0.2) is 0 Å². The first-order chi connectivity index (χ1) is 7.75. The van der Waals surface area contributed by atoms with Crippen molar-refractivity contribution < 1.29 is 9.53 Å². The molecule has 0 atom stereocenters. The summed E-state index contributed by atoms with van der Waals surface area (Å²) in [5.74, 6) is 0.385. The fraction of sp³-hybridized carbons (Fsp3) is 0.500. The van der Waals surface area contributed by atoms with Gasteiger partial charge in [0.2, 0.25) is 5.88 Å². The summed E-state index contributed by atoms with van der Waals surface area (Å²) in [6, 6.07) is 5.41. The summed E-state index contributed by atoms with van der Waals surface area (Å²) in [6.45, 7) is 3.47.